The molecule has 0 N–H and O–H groups in total. The van der Waals surface area contributed by atoms with E-state index in [9.17, 15) is 0 Å². The molecule has 1 saturated carbocycles. The zero-order valence-corrected chi connectivity index (χ0v) is 14.8. The van der Waals surface area contributed by atoms with E-state index in [0.717, 1.165) is 17.3 Å². The molecule has 0 nitrogen and oxygen atoms in total. The lowest BCUT2D eigenvalue weighted by Gasteiger charge is -2.50. The summed E-state index contributed by atoms with van der Waals surface area (Å²) < 4.78 is 0. The largest absolute Gasteiger partial charge is 0.0654 e. The molecule has 120 valence electrons. The van der Waals surface area contributed by atoms with Crippen LogP contribution in [0.3, 0.4) is 0 Å². The zero-order valence-electron chi connectivity index (χ0n) is 14.8. The Morgan fingerprint density at radius 2 is 0.950 bits per heavy atom. The zero-order chi connectivity index (χ0) is 14.8. The van der Waals surface area contributed by atoms with Gasteiger partial charge in [0.1, 0.15) is 0 Å². The van der Waals surface area contributed by atoms with E-state index in [0.29, 0.717) is 0 Å². The van der Waals surface area contributed by atoms with E-state index in [1.807, 2.05) is 0 Å². The first kappa shape index (κ1) is 18.1. The molecule has 0 heterocycles. The van der Waals surface area contributed by atoms with E-state index >= 15 is 0 Å². The van der Waals surface area contributed by atoms with Crippen molar-refractivity contribution >= 4 is 0 Å². The van der Waals surface area contributed by atoms with Crippen LogP contribution in [0, 0.1) is 17.3 Å². The number of rotatable bonds is 10. The van der Waals surface area contributed by atoms with Gasteiger partial charge in [-0.3, -0.25) is 0 Å². The molecule has 0 atom stereocenters. The maximum Gasteiger partial charge on any atom is -0.0241 e. The smallest absolute Gasteiger partial charge is 0.0241 e. The van der Waals surface area contributed by atoms with Crippen molar-refractivity contribution < 1.29 is 0 Å². The van der Waals surface area contributed by atoms with E-state index in [4.69, 9.17) is 0 Å². The molecular weight excluding hydrogens is 240 g/mol. The molecule has 1 aliphatic rings. The molecule has 0 amide bonds. The molecule has 20 heavy (non-hydrogen) atoms. The van der Waals surface area contributed by atoms with Crippen LogP contribution in [0.15, 0.2) is 0 Å². The van der Waals surface area contributed by atoms with Crippen LogP contribution in [-0.4, -0.2) is 0 Å². The second-order valence-electron chi connectivity index (χ2n) is 7.34. The lowest BCUT2D eigenvalue weighted by molar-refractivity contribution is 0.00346. The fraction of sp³-hybridized carbons (Fsp3) is 1.00. The van der Waals surface area contributed by atoms with Crippen LogP contribution < -0.4 is 0 Å². The third kappa shape index (κ3) is 4.50. The van der Waals surface area contributed by atoms with E-state index in [-0.39, 0.29) is 0 Å². The molecular formula is C20H40. The Bertz CT molecular complexity index is 194. The van der Waals surface area contributed by atoms with E-state index in [1.54, 1.807) is 12.8 Å². The van der Waals surface area contributed by atoms with Crippen molar-refractivity contribution in [1.29, 1.82) is 0 Å². The predicted octanol–water partition coefficient (Wildman–Crippen LogP) is 7.37. The van der Waals surface area contributed by atoms with Gasteiger partial charge in [-0.05, 0) is 30.1 Å². The van der Waals surface area contributed by atoms with Gasteiger partial charge in [-0.25, -0.2) is 0 Å². The summed E-state index contributed by atoms with van der Waals surface area (Å²) in [5.74, 6) is 2.03. The average molecular weight is 281 g/mol. The highest BCUT2D eigenvalue weighted by Gasteiger charge is 2.43. The van der Waals surface area contributed by atoms with Crippen molar-refractivity contribution in [2.24, 2.45) is 17.3 Å². The molecule has 1 fully saturated rings. The highest BCUT2D eigenvalue weighted by atomic mass is 14.5. The monoisotopic (exact) mass is 280 g/mol. The molecule has 0 unspecified atom stereocenters. The maximum atomic E-state index is 2.40. The Morgan fingerprint density at radius 3 is 1.25 bits per heavy atom. The summed E-state index contributed by atoms with van der Waals surface area (Å²) in [6.45, 7) is 9.59. The van der Waals surface area contributed by atoms with Crippen LogP contribution in [0.25, 0.3) is 0 Å². The van der Waals surface area contributed by atoms with Gasteiger partial charge < -0.3 is 0 Å². The van der Waals surface area contributed by atoms with Crippen molar-refractivity contribution in [3.8, 4) is 0 Å². The minimum absolute atomic E-state index is 0.719. The summed E-state index contributed by atoms with van der Waals surface area (Å²) in [4.78, 5) is 0. The fourth-order valence-corrected chi connectivity index (χ4v) is 5.19. The van der Waals surface area contributed by atoms with Gasteiger partial charge in [0.2, 0.25) is 0 Å². The molecule has 0 aromatic rings. The fourth-order valence-electron chi connectivity index (χ4n) is 5.19. The van der Waals surface area contributed by atoms with Crippen molar-refractivity contribution in [2.75, 3.05) is 0 Å². The Hall–Kier alpha value is 0. The topological polar surface area (TPSA) is 0 Å². The van der Waals surface area contributed by atoms with Gasteiger partial charge in [0.05, 0.1) is 0 Å². The second kappa shape index (κ2) is 9.85. The van der Waals surface area contributed by atoms with Crippen LogP contribution in [-0.2, 0) is 0 Å². The molecule has 0 radical (unpaired) electrons. The van der Waals surface area contributed by atoms with Crippen LogP contribution in [0.2, 0.25) is 0 Å². The van der Waals surface area contributed by atoms with Crippen LogP contribution >= 0.6 is 0 Å². The summed E-state index contributed by atoms with van der Waals surface area (Å²) in [5, 5.41) is 0. The Balaban J connectivity index is 2.96. The van der Waals surface area contributed by atoms with Crippen molar-refractivity contribution in [3.05, 3.63) is 0 Å². The SMILES string of the molecule is CCCC(CCC)C1(C(CCC)CCC)CCCCC1. The first-order valence-electron chi connectivity index (χ1n) is 9.75. The van der Waals surface area contributed by atoms with Crippen LogP contribution in [0.5, 0.6) is 0 Å². The molecule has 0 aromatic carbocycles. The summed E-state index contributed by atoms with van der Waals surface area (Å²) in [6.07, 6.45) is 19.1. The van der Waals surface area contributed by atoms with Crippen LogP contribution in [0.4, 0.5) is 0 Å². The Kier molecular flexibility index (Phi) is 8.89. The third-order valence-electron chi connectivity index (χ3n) is 5.96. The van der Waals surface area contributed by atoms with E-state index in [2.05, 4.69) is 27.7 Å². The van der Waals surface area contributed by atoms with Crippen molar-refractivity contribution in [1.82, 2.24) is 0 Å². The van der Waals surface area contributed by atoms with Crippen molar-refractivity contribution in [2.45, 2.75) is 111 Å². The third-order valence-corrected chi connectivity index (χ3v) is 5.96. The van der Waals surface area contributed by atoms with Gasteiger partial charge >= 0.3 is 0 Å². The first-order valence-corrected chi connectivity index (χ1v) is 9.75. The molecule has 0 aliphatic heterocycles. The maximum absolute atomic E-state index is 2.40. The van der Waals surface area contributed by atoms with Gasteiger partial charge in [0, 0.05) is 0 Å². The Morgan fingerprint density at radius 1 is 0.600 bits per heavy atom. The first-order chi connectivity index (χ1) is 9.75. The second-order valence-corrected chi connectivity index (χ2v) is 7.34. The standard InChI is InChI=1S/C20H40/c1-5-12-18(13-6-2)20(16-10-9-11-17-20)19(14-7-3)15-8-4/h18-19H,5-17H2,1-4H3. The van der Waals surface area contributed by atoms with Gasteiger partial charge in [0.15, 0.2) is 0 Å². The molecule has 1 rings (SSSR count). The van der Waals surface area contributed by atoms with E-state index in [1.165, 1.54) is 70.6 Å². The lowest BCUT2D eigenvalue weighted by atomic mass is 9.55. The molecule has 0 aromatic heterocycles. The highest BCUT2D eigenvalue weighted by molar-refractivity contribution is 4.93. The molecule has 0 heteroatoms. The molecule has 0 saturated heterocycles. The summed E-state index contributed by atoms with van der Waals surface area (Å²) in [6, 6.07) is 0. The number of hydrogen-bond acceptors (Lipinski definition) is 0. The summed E-state index contributed by atoms with van der Waals surface area (Å²) in [7, 11) is 0. The highest BCUT2D eigenvalue weighted by Crippen LogP contribution is 2.54. The molecule has 1 aliphatic carbocycles. The van der Waals surface area contributed by atoms with E-state index < -0.39 is 0 Å². The molecule has 0 bridgehead atoms. The summed E-state index contributed by atoms with van der Waals surface area (Å²) in [5.41, 5.74) is 0.719. The predicted molar refractivity (Wildman–Crippen MR) is 92.1 cm³/mol. The van der Waals surface area contributed by atoms with Crippen LogP contribution in [0.1, 0.15) is 111 Å². The lowest BCUT2D eigenvalue weighted by Crippen LogP contribution is -2.40. The minimum atomic E-state index is 0.719. The molecule has 0 spiro atoms. The van der Waals surface area contributed by atoms with Gasteiger partial charge in [-0.1, -0.05) is 98.3 Å². The summed E-state index contributed by atoms with van der Waals surface area (Å²) >= 11 is 0. The average Bonchev–Trinajstić information content (AvgIpc) is 2.47. The van der Waals surface area contributed by atoms with Gasteiger partial charge in [-0.15, -0.1) is 0 Å². The Labute approximate surface area is 129 Å². The number of hydrogen-bond donors (Lipinski definition) is 0. The quantitative estimate of drug-likeness (QED) is 0.392. The normalized spacial score (nSPS) is 18.9. The van der Waals surface area contributed by atoms with Gasteiger partial charge in [-0.2, -0.15) is 0 Å². The van der Waals surface area contributed by atoms with Crippen molar-refractivity contribution in [3.63, 3.8) is 0 Å². The minimum Gasteiger partial charge on any atom is -0.0654 e. The van der Waals surface area contributed by atoms with Gasteiger partial charge in [0.25, 0.3) is 0 Å².